The van der Waals surface area contributed by atoms with E-state index in [0.717, 1.165) is 41.5 Å². The van der Waals surface area contributed by atoms with Gasteiger partial charge in [-0.05, 0) is 56.4 Å². The van der Waals surface area contributed by atoms with E-state index in [-0.39, 0.29) is 0 Å². The van der Waals surface area contributed by atoms with Crippen LogP contribution in [0, 0.1) is 12.8 Å². The van der Waals surface area contributed by atoms with Crippen molar-refractivity contribution >= 4 is 0 Å². The zero-order valence-corrected chi connectivity index (χ0v) is 20.9. The van der Waals surface area contributed by atoms with Crippen molar-refractivity contribution in [3.63, 3.8) is 0 Å². The molecule has 1 aliphatic rings. The van der Waals surface area contributed by atoms with Crippen LogP contribution in [0.5, 0.6) is 11.6 Å². The van der Waals surface area contributed by atoms with E-state index >= 15 is 0 Å². The molecule has 1 N–H and O–H groups in total. The second kappa shape index (κ2) is 12.2. The molecule has 1 aromatic heterocycles. The van der Waals surface area contributed by atoms with Gasteiger partial charge >= 0.3 is 0 Å². The Balaban J connectivity index is 1.65. The number of nitrogens with zero attached hydrogens (tertiary/aromatic N) is 3. The molecule has 1 heterocycles. The summed E-state index contributed by atoms with van der Waals surface area (Å²) in [6.07, 6.45) is 4.42. The van der Waals surface area contributed by atoms with Crippen LogP contribution in [0.1, 0.15) is 36.6 Å². The standard InChI is InChI=1S/C29H37N3O3/c1-4-17-34-21-25(33)19-31(18-23-13-14-23)20-27-28(5-2)30-32(24-9-7-6-8-10-24)29(27)35-26-15-11-22(3)12-16-26/h4,6-12,15-16,23,25,33H,1,5,13-14,17-21H2,2-3H3/t25-/m0/s1. The van der Waals surface area contributed by atoms with Gasteiger partial charge in [-0.3, -0.25) is 4.90 Å². The van der Waals surface area contributed by atoms with Crippen LogP contribution in [0.3, 0.4) is 0 Å². The van der Waals surface area contributed by atoms with Crippen LogP contribution >= 0.6 is 0 Å². The Morgan fingerprint density at radius 3 is 2.57 bits per heavy atom. The largest absolute Gasteiger partial charge is 0.439 e. The number of aryl methyl sites for hydroxylation is 2. The van der Waals surface area contributed by atoms with Crippen LogP contribution < -0.4 is 4.74 Å². The van der Waals surface area contributed by atoms with Crippen molar-refractivity contribution in [2.24, 2.45) is 5.92 Å². The molecule has 1 aliphatic carbocycles. The van der Waals surface area contributed by atoms with Gasteiger partial charge in [0.2, 0.25) is 5.88 Å². The molecule has 6 nitrogen and oxygen atoms in total. The maximum Gasteiger partial charge on any atom is 0.227 e. The molecule has 2 aromatic carbocycles. The van der Waals surface area contributed by atoms with Crippen molar-refractivity contribution in [3.05, 3.63) is 84.1 Å². The molecule has 3 aromatic rings. The fraction of sp³-hybridized carbons (Fsp3) is 0.414. The van der Waals surface area contributed by atoms with Crippen LogP contribution in [0.25, 0.3) is 5.69 Å². The quantitative estimate of drug-likeness (QED) is 0.253. The zero-order chi connectivity index (χ0) is 24.6. The number of hydrogen-bond acceptors (Lipinski definition) is 5. The van der Waals surface area contributed by atoms with Crippen molar-refractivity contribution in [2.75, 3.05) is 26.3 Å². The molecule has 186 valence electrons. The van der Waals surface area contributed by atoms with Gasteiger partial charge in [0, 0.05) is 19.6 Å². The molecule has 0 bridgehead atoms. The van der Waals surface area contributed by atoms with E-state index in [4.69, 9.17) is 14.6 Å². The highest BCUT2D eigenvalue weighted by Gasteiger charge is 2.28. The fourth-order valence-corrected chi connectivity index (χ4v) is 4.22. The molecule has 35 heavy (non-hydrogen) atoms. The highest BCUT2D eigenvalue weighted by molar-refractivity contribution is 5.44. The van der Waals surface area contributed by atoms with Crippen LogP contribution in [0.4, 0.5) is 0 Å². The van der Waals surface area contributed by atoms with Crippen molar-refractivity contribution in [1.29, 1.82) is 0 Å². The summed E-state index contributed by atoms with van der Waals surface area (Å²) in [5.74, 6) is 2.20. The van der Waals surface area contributed by atoms with Gasteiger partial charge in [-0.2, -0.15) is 5.10 Å². The number of rotatable bonds is 14. The number of ether oxygens (including phenoxy) is 2. The third-order valence-corrected chi connectivity index (χ3v) is 6.20. The fourth-order valence-electron chi connectivity index (χ4n) is 4.22. The van der Waals surface area contributed by atoms with E-state index in [9.17, 15) is 5.11 Å². The minimum Gasteiger partial charge on any atom is -0.439 e. The molecule has 0 amide bonds. The van der Waals surface area contributed by atoms with Crippen LogP contribution in [-0.4, -0.2) is 52.2 Å². The molecule has 1 atom stereocenters. The normalized spacial score (nSPS) is 14.3. The lowest BCUT2D eigenvalue weighted by molar-refractivity contribution is 0.0235. The number of hydrogen-bond donors (Lipinski definition) is 1. The van der Waals surface area contributed by atoms with E-state index < -0.39 is 6.10 Å². The highest BCUT2D eigenvalue weighted by Crippen LogP contribution is 2.34. The summed E-state index contributed by atoms with van der Waals surface area (Å²) in [7, 11) is 0. The third kappa shape index (κ3) is 7.04. The number of aromatic nitrogens is 2. The summed E-state index contributed by atoms with van der Waals surface area (Å²) in [6, 6.07) is 18.2. The zero-order valence-electron chi connectivity index (χ0n) is 20.9. The topological polar surface area (TPSA) is 59.8 Å². The predicted molar refractivity (Wildman–Crippen MR) is 139 cm³/mol. The average Bonchev–Trinajstić information content (AvgIpc) is 3.62. The summed E-state index contributed by atoms with van der Waals surface area (Å²) >= 11 is 0. The first-order valence-electron chi connectivity index (χ1n) is 12.6. The average molecular weight is 476 g/mol. The van der Waals surface area contributed by atoms with Crippen LogP contribution in [0.2, 0.25) is 0 Å². The molecule has 0 radical (unpaired) electrons. The second-order valence-corrected chi connectivity index (χ2v) is 9.36. The summed E-state index contributed by atoms with van der Waals surface area (Å²) in [5, 5.41) is 15.6. The van der Waals surface area contributed by atoms with Crippen molar-refractivity contribution in [3.8, 4) is 17.3 Å². The first-order chi connectivity index (χ1) is 17.1. The lowest BCUT2D eigenvalue weighted by Gasteiger charge is -2.25. The first-order valence-corrected chi connectivity index (χ1v) is 12.6. The van der Waals surface area contributed by atoms with Crippen molar-refractivity contribution in [1.82, 2.24) is 14.7 Å². The SMILES string of the molecule is C=CCOC[C@@H](O)CN(Cc1c(CC)nn(-c2ccccc2)c1Oc1ccc(C)cc1)CC1CC1. The molecular formula is C29H37N3O3. The Hall–Kier alpha value is -2.93. The number of para-hydroxylation sites is 1. The maximum atomic E-state index is 10.6. The summed E-state index contributed by atoms with van der Waals surface area (Å²) in [4.78, 5) is 2.33. The van der Waals surface area contributed by atoms with Crippen molar-refractivity contribution < 1.29 is 14.6 Å². The summed E-state index contributed by atoms with van der Waals surface area (Å²) in [5.41, 5.74) is 4.22. The third-order valence-electron chi connectivity index (χ3n) is 6.20. The molecule has 0 saturated heterocycles. The molecule has 1 saturated carbocycles. The molecule has 4 rings (SSSR count). The summed E-state index contributed by atoms with van der Waals surface area (Å²) in [6.45, 7) is 10.8. The Morgan fingerprint density at radius 1 is 1.17 bits per heavy atom. The van der Waals surface area contributed by atoms with Gasteiger partial charge in [-0.25, -0.2) is 4.68 Å². The lowest BCUT2D eigenvalue weighted by atomic mass is 10.1. The molecule has 0 aliphatic heterocycles. The minimum absolute atomic E-state index is 0.295. The van der Waals surface area contributed by atoms with Crippen molar-refractivity contribution in [2.45, 2.75) is 45.8 Å². The molecule has 0 unspecified atom stereocenters. The summed E-state index contributed by atoms with van der Waals surface area (Å²) < 4.78 is 13.9. The van der Waals surface area contributed by atoms with E-state index in [1.165, 1.54) is 18.4 Å². The Bertz CT molecular complexity index is 1070. The van der Waals surface area contributed by atoms with Gasteiger partial charge in [0.1, 0.15) is 5.75 Å². The monoisotopic (exact) mass is 475 g/mol. The highest BCUT2D eigenvalue weighted by atomic mass is 16.5. The number of aliphatic hydroxyl groups excluding tert-OH is 1. The van der Waals surface area contributed by atoms with E-state index in [1.54, 1.807) is 6.08 Å². The van der Waals surface area contributed by atoms with Gasteiger partial charge in [-0.1, -0.05) is 48.9 Å². The van der Waals surface area contributed by atoms with Gasteiger partial charge in [0.05, 0.1) is 36.3 Å². The van der Waals surface area contributed by atoms with Gasteiger partial charge in [-0.15, -0.1) is 6.58 Å². The molecule has 1 fully saturated rings. The van der Waals surface area contributed by atoms with Crippen LogP contribution in [-0.2, 0) is 17.7 Å². The maximum absolute atomic E-state index is 10.6. The van der Waals surface area contributed by atoms with Crippen LogP contribution in [0.15, 0.2) is 67.3 Å². The Morgan fingerprint density at radius 2 is 1.91 bits per heavy atom. The second-order valence-electron chi connectivity index (χ2n) is 9.36. The number of aliphatic hydroxyl groups is 1. The van der Waals surface area contributed by atoms with E-state index in [2.05, 4.69) is 37.5 Å². The first kappa shape index (κ1) is 25.2. The number of benzene rings is 2. The Labute approximate surface area is 208 Å². The van der Waals surface area contributed by atoms with Gasteiger partial charge < -0.3 is 14.6 Å². The smallest absolute Gasteiger partial charge is 0.227 e. The molecule has 0 spiro atoms. The van der Waals surface area contributed by atoms with E-state index in [1.807, 2.05) is 47.1 Å². The van der Waals surface area contributed by atoms with E-state index in [0.29, 0.717) is 32.2 Å². The molecule has 6 heteroatoms. The predicted octanol–water partition coefficient (Wildman–Crippen LogP) is 5.31. The molecular weight excluding hydrogens is 438 g/mol. The lowest BCUT2D eigenvalue weighted by Crippen LogP contribution is -2.36. The minimum atomic E-state index is -0.565. The van der Waals surface area contributed by atoms with Gasteiger partial charge in [0.25, 0.3) is 0 Å². The Kier molecular flexibility index (Phi) is 8.74. The van der Waals surface area contributed by atoms with Gasteiger partial charge in [0.15, 0.2) is 0 Å².